The molecular weight excluding hydrogens is 306 g/mol. The van der Waals surface area contributed by atoms with Gasteiger partial charge in [-0.2, -0.15) is 5.26 Å². The van der Waals surface area contributed by atoms with Gasteiger partial charge in [-0.15, -0.1) is 0 Å². The van der Waals surface area contributed by atoms with Crippen molar-refractivity contribution in [3.63, 3.8) is 0 Å². The fourth-order valence-corrected chi connectivity index (χ4v) is 3.66. The van der Waals surface area contributed by atoms with Gasteiger partial charge in [0.1, 0.15) is 0 Å². The number of pyridine rings is 1. The Kier molecular flexibility index (Phi) is 4.63. The van der Waals surface area contributed by atoms with E-state index in [1.165, 1.54) is 17.3 Å². The molecule has 0 spiro atoms. The Morgan fingerprint density at radius 2 is 2.22 bits per heavy atom. The summed E-state index contributed by atoms with van der Waals surface area (Å²) in [7, 11) is 0. The predicted molar refractivity (Wildman–Crippen MR) is 91.4 cm³/mol. The van der Waals surface area contributed by atoms with Gasteiger partial charge in [-0.1, -0.05) is 30.0 Å². The molecule has 1 atom stereocenters. The summed E-state index contributed by atoms with van der Waals surface area (Å²) >= 11 is 1.40. The van der Waals surface area contributed by atoms with Crippen LogP contribution < -0.4 is 4.90 Å². The van der Waals surface area contributed by atoms with Crippen molar-refractivity contribution in [1.82, 2.24) is 4.98 Å². The lowest BCUT2D eigenvalue weighted by Gasteiger charge is -2.31. The highest BCUT2D eigenvalue weighted by Gasteiger charge is 2.26. The van der Waals surface area contributed by atoms with Gasteiger partial charge in [-0.3, -0.25) is 4.79 Å². The van der Waals surface area contributed by atoms with Crippen LogP contribution in [0, 0.1) is 11.3 Å². The second kappa shape index (κ2) is 6.84. The highest BCUT2D eigenvalue weighted by atomic mass is 32.2. The third-order valence-corrected chi connectivity index (χ3v) is 4.91. The number of hydrogen-bond acceptors (Lipinski definition) is 4. The van der Waals surface area contributed by atoms with Crippen LogP contribution in [0.1, 0.15) is 24.5 Å². The molecule has 0 fully saturated rings. The van der Waals surface area contributed by atoms with Crippen molar-refractivity contribution in [2.75, 3.05) is 11.4 Å². The number of carbonyl (C=O) groups is 1. The van der Waals surface area contributed by atoms with Gasteiger partial charge in [-0.05, 0) is 43.5 Å². The van der Waals surface area contributed by atoms with Crippen LogP contribution in [0.5, 0.6) is 0 Å². The number of fused-ring (bicyclic) bond motifs is 1. The van der Waals surface area contributed by atoms with Crippen LogP contribution in [0.3, 0.4) is 0 Å². The van der Waals surface area contributed by atoms with Crippen molar-refractivity contribution in [2.24, 2.45) is 0 Å². The lowest BCUT2D eigenvalue weighted by atomic mass is 10.0. The number of carbonyl (C=O) groups excluding carboxylic acids is 1. The summed E-state index contributed by atoms with van der Waals surface area (Å²) in [5.74, 6) is 0.0892. The fourth-order valence-electron chi connectivity index (χ4n) is 2.76. The molecule has 0 N–H and O–H groups in total. The van der Waals surface area contributed by atoms with Crippen molar-refractivity contribution >= 4 is 23.4 Å². The second-order valence-corrected chi connectivity index (χ2v) is 6.84. The highest BCUT2D eigenvalue weighted by molar-refractivity contribution is 8.00. The Bertz CT molecular complexity index is 769. The van der Waals surface area contributed by atoms with Crippen LogP contribution in [-0.4, -0.2) is 22.7 Å². The Hall–Kier alpha value is -2.32. The van der Waals surface area contributed by atoms with Gasteiger partial charge in [0, 0.05) is 18.4 Å². The third-order valence-electron chi connectivity index (χ3n) is 3.89. The first-order valence-corrected chi connectivity index (χ1v) is 8.49. The molecule has 1 aliphatic rings. The van der Waals surface area contributed by atoms with Gasteiger partial charge in [0.05, 0.1) is 21.9 Å². The maximum atomic E-state index is 12.8. The van der Waals surface area contributed by atoms with Crippen molar-refractivity contribution in [1.29, 1.82) is 5.26 Å². The Morgan fingerprint density at radius 3 is 3.04 bits per heavy atom. The number of para-hydroxylation sites is 1. The molecule has 3 rings (SSSR count). The zero-order valence-electron chi connectivity index (χ0n) is 12.9. The van der Waals surface area contributed by atoms with E-state index in [2.05, 4.69) is 17.1 Å². The standard InChI is InChI=1S/C18H17N3OS/c1-13(23-17-11-14(12-19)8-9-20-17)18(22)21-10-4-6-15-5-2-3-7-16(15)21/h2-3,5,7-9,11,13H,4,6,10H2,1H3/t13-/m0/s1. The van der Waals surface area contributed by atoms with Crippen LogP contribution >= 0.6 is 11.8 Å². The lowest BCUT2D eigenvalue weighted by Crippen LogP contribution is -2.40. The van der Waals surface area contributed by atoms with Crippen LogP contribution in [0.2, 0.25) is 0 Å². The van der Waals surface area contributed by atoms with Crippen molar-refractivity contribution in [2.45, 2.75) is 30.0 Å². The van der Waals surface area contributed by atoms with E-state index in [1.807, 2.05) is 30.0 Å². The molecular formula is C18H17N3OS. The lowest BCUT2D eigenvalue weighted by molar-refractivity contribution is -0.117. The number of nitrogens with zero attached hydrogens (tertiary/aromatic N) is 3. The Balaban J connectivity index is 1.77. The number of aryl methyl sites for hydroxylation is 1. The number of nitriles is 1. The summed E-state index contributed by atoms with van der Waals surface area (Å²) in [5, 5.41) is 9.41. The summed E-state index contributed by atoms with van der Waals surface area (Å²) in [4.78, 5) is 19.0. The molecule has 4 nitrogen and oxygen atoms in total. The molecule has 0 unspecified atom stereocenters. The summed E-state index contributed by atoms with van der Waals surface area (Å²) < 4.78 is 0. The van der Waals surface area contributed by atoms with Gasteiger partial charge in [0.15, 0.2) is 0 Å². The number of hydrogen-bond donors (Lipinski definition) is 0. The molecule has 1 amide bonds. The minimum absolute atomic E-state index is 0.0892. The number of amides is 1. The second-order valence-electron chi connectivity index (χ2n) is 5.48. The molecule has 0 saturated heterocycles. The Morgan fingerprint density at radius 1 is 1.39 bits per heavy atom. The highest BCUT2D eigenvalue weighted by Crippen LogP contribution is 2.30. The van der Waals surface area contributed by atoms with Gasteiger partial charge in [0.2, 0.25) is 5.91 Å². The van der Waals surface area contributed by atoms with Gasteiger partial charge < -0.3 is 4.90 Å². The largest absolute Gasteiger partial charge is 0.311 e. The molecule has 1 aromatic heterocycles. The minimum atomic E-state index is -0.248. The number of benzene rings is 1. The summed E-state index contributed by atoms with van der Waals surface area (Å²) in [5.41, 5.74) is 2.81. The van der Waals surface area contributed by atoms with E-state index >= 15 is 0 Å². The van der Waals surface area contributed by atoms with Crippen molar-refractivity contribution < 1.29 is 4.79 Å². The number of anilines is 1. The number of thioether (sulfide) groups is 1. The minimum Gasteiger partial charge on any atom is -0.311 e. The maximum Gasteiger partial charge on any atom is 0.240 e. The van der Waals surface area contributed by atoms with E-state index in [0.29, 0.717) is 10.6 Å². The molecule has 1 aromatic carbocycles. The van der Waals surface area contributed by atoms with Crippen LogP contribution in [-0.2, 0) is 11.2 Å². The zero-order chi connectivity index (χ0) is 16.2. The zero-order valence-corrected chi connectivity index (χ0v) is 13.7. The van der Waals surface area contributed by atoms with Gasteiger partial charge >= 0.3 is 0 Å². The normalized spacial score (nSPS) is 14.7. The van der Waals surface area contributed by atoms with Crippen LogP contribution in [0.25, 0.3) is 0 Å². The molecule has 2 aromatic rings. The molecule has 0 aliphatic carbocycles. The van der Waals surface area contributed by atoms with Gasteiger partial charge in [0.25, 0.3) is 0 Å². The third kappa shape index (κ3) is 3.38. The van der Waals surface area contributed by atoms with E-state index in [0.717, 1.165) is 25.1 Å². The van der Waals surface area contributed by atoms with Gasteiger partial charge in [-0.25, -0.2) is 4.98 Å². The van der Waals surface area contributed by atoms with E-state index in [9.17, 15) is 4.79 Å². The summed E-state index contributed by atoms with van der Waals surface area (Å²) in [6.07, 6.45) is 3.61. The molecule has 5 heteroatoms. The molecule has 0 radical (unpaired) electrons. The van der Waals surface area contributed by atoms with E-state index < -0.39 is 0 Å². The molecule has 0 bridgehead atoms. The number of aromatic nitrogens is 1. The monoisotopic (exact) mass is 323 g/mol. The number of rotatable bonds is 3. The van der Waals surface area contributed by atoms with Crippen LogP contribution in [0.4, 0.5) is 5.69 Å². The molecule has 0 saturated carbocycles. The maximum absolute atomic E-state index is 12.8. The average molecular weight is 323 g/mol. The van der Waals surface area contributed by atoms with E-state index in [1.54, 1.807) is 18.3 Å². The molecule has 23 heavy (non-hydrogen) atoms. The van der Waals surface area contributed by atoms with Crippen LogP contribution in [0.15, 0.2) is 47.6 Å². The van der Waals surface area contributed by atoms with Crippen molar-refractivity contribution in [3.05, 3.63) is 53.7 Å². The topological polar surface area (TPSA) is 57.0 Å². The first-order valence-electron chi connectivity index (χ1n) is 7.61. The fraction of sp³-hybridized carbons (Fsp3) is 0.278. The molecule has 2 heterocycles. The molecule has 1 aliphatic heterocycles. The Labute approximate surface area is 140 Å². The van der Waals surface area contributed by atoms with Crippen molar-refractivity contribution in [3.8, 4) is 6.07 Å². The summed E-state index contributed by atoms with van der Waals surface area (Å²) in [6, 6.07) is 13.6. The predicted octanol–water partition coefficient (Wildman–Crippen LogP) is 3.41. The summed E-state index contributed by atoms with van der Waals surface area (Å²) in [6.45, 7) is 2.65. The molecule has 116 valence electrons. The first kappa shape index (κ1) is 15.6. The smallest absolute Gasteiger partial charge is 0.240 e. The first-order chi connectivity index (χ1) is 11.2. The average Bonchev–Trinajstić information content (AvgIpc) is 2.60. The van der Waals surface area contributed by atoms with E-state index in [-0.39, 0.29) is 11.2 Å². The van der Waals surface area contributed by atoms with E-state index in [4.69, 9.17) is 5.26 Å². The quantitative estimate of drug-likeness (QED) is 0.812. The SMILES string of the molecule is C[C@H](Sc1cc(C#N)ccn1)C(=O)N1CCCc2ccccc21.